The number of hydrogen-bond acceptors (Lipinski definition) is 9. The molecule has 0 heterocycles. The van der Waals surface area contributed by atoms with Gasteiger partial charge in [0.1, 0.15) is 23.7 Å². The number of ether oxygens (including phenoxy) is 4. The molecule has 0 aromatic heterocycles. The molecule has 13 heteroatoms. The van der Waals surface area contributed by atoms with Gasteiger partial charge >= 0.3 is 11.7 Å². The highest BCUT2D eigenvalue weighted by Crippen LogP contribution is 2.42. The topological polar surface area (TPSA) is 158 Å². The van der Waals surface area contributed by atoms with Crippen LogP contribution in [0.3, 0.4) is 0 Å². The Morgan fingerprint density at radius 1 is 1.06 bits per heavy atom. The number of hydrogen-bond donors (Lipinski definition) is 3. The van der Waals surface area contributed by atoms with Gasteiger partial charge < -0.3 is 34.7 Å². The monoisotopic (exact) mass is 653 g/mol. The van der Waals surface area contributed by atoms with Crippen LogP contribution in [0.4, 0.5) is 21.5 Å². The lowest BCUT2D eigenvalue weighted by molar-refractivity contribution is -0.385. The number of carbonyl (C=O) groups is 2. The van der Waals surface area contributed by atoms with E-state index in [1.807, 2.05) is 0 Å². The molecule has 3 unspecified atom stereocenters. The second kappa shape index (κ2) is 15.6. The lowest BCUT2D eigenvalue weighted by Crippen LogP contribution is -2.36. The van der Waals surface area contributed by atoms with Gasteiger partial charge in [0.05, 0.1) is 30.9 Å². The van der Waals surface area contributed by atoms with Gasteiger partial charge in [-0.2, -0.15) is 0 Å². The van der Waals surface area contributed by atoms with Crippen molar-refractivity contribution >= 4 is 28.9 Å². The largest absolute Gasteiger partial charge is 0.494 e. The van der Waals surface area contributed by atoms with Crippen LogP contribution in [0.15, 0.2) is 48.5 Å². The molecule has 1 amide bonds. The summed E-state index contributed by atoms with van der Waals surface area (Å²) in [4.78, 5) is 35.5. The molecule has 0 bridgehead atoms. The molecule has 0 saturated heterocycles. The van der Waals surface area contributed by atoms with E-state index < -0.39 is 33.7 Å². The smallest absolute Gasteiger partial charge is 0.342 e. The highest BCUT2D eigenvalue weighted by Gasteiger charge is 2.32. The normalized spacial score (nSPS) is 17.6. The van der Waals surface area contributed by atoms with Crippen LogP contribution >= 0.6 is 0 Å². The van der Waals surface area contributed by atoms with Crippen LogP contribution in [0.1, 0.15) is 56.0 Å². The van der Waals surface area contributed by atoms with Crippen LogP contribution in [0.2, 0.25) is 0 Å². The Kier molecular flexibility index (Phi) is 11.6. The van der Waals surface area contributed by atoms with E-state index in [1.165, 1.54) is 26.7 Å². The van der Waals surface area contributed by atoms with Crippen LogP contribution in [0.25, 0.3) is 0 Å². The SMILES string of the molecule is COc1cc(NCc2cccc(OC)c2Oc2c([N+](=O)[O-])ccc(F)c2C(=O)O)ccc1NC(=O)COC1CC(C)CCC1C(C)C. The highest BCUT2D eigenvalue weighted by molar-refractivity contribution is 5.94. The predicted octanol–water partition coefficient (Wildman–Crippen LogP) is 7.27. The zero-order valence-electron chi connectivity index (χ0n) is 27.0. The van der Waals surface area contributed by atoms with Crippen molar-refractivity contribution in [2.45, 2.75) is 52.7 Å². The zero-order valence-corrected chi connectivity index (χ0v) is 27.0. The molecule has 252 valence electrons. The standard InChI is InChI=1S/C34H40FN3O9/c1-19(2)23-11-9-20(3)15-28(23)46-18-30(39)37-25-13-10-22(16-29(25)45-5)36-17-21-7-6-8-27(44-4)32(21)47-33-26(38(42)43)14-12-24(35)31(33)34(40)41/h6-8,10,12-14,16,19-20,23,28,36H,9,11,15,17-18H2,1-5H3,(H,37,39)(H,40,41). The maximum Gasteiger partial charge on any atom is 0.342 e. The summed E-state index contributed by atoms with van der Waals surface area (Å²) in [6, 6.07) is 11.4. The molecule has 1 aliphatic rings. The van der Waals surface area contributed by atoms with Gasteiger partial charge in [-0.05, 0) is 54.9 Å². The summed E-state index contributed by atoms with van der Waals surface area (Å²) in [5.74, 6) is -2.06. The van der Waals surface area contributed by atoms with E-state index in [4.69, 9.17) is 18.9 Å². The fourth-order valence-corrected chi connectivity index (χ4v) is 5.85. The quantitative estimate of drug-likeness (QED) is 0.119. The first-order valence-electron chi connectivity index (χ1n) is 15.3. The van der Waals surface area contributed by atoms with Crippen molar-refractivity contribution < 1.29 is 43.0 Å². The molecule has 4 rings (SSSR count). The van der Waals surface area contributed by atoms with Crippen molar-refractivity contribution in [2.75, 3.05) is 31.5 Å². The number of aromatic carboxylic acids is 1. The first-order chi connectivity index (χ1) is 22.4. The zero-order chi connectivity index (χ0) is 34.2. The first kappa shape index (κ1) is 35.0. The van der Waals surface area contributed by atoms with E-state index >= 15 is 0 Å². The third kappa shape index (κ3) is 8.47. The average Bonchev–Trinajstić information content (AvgIpc) is 3.03. The number of para-hydroxylation sites is 1. The van der Waals surface area contributed by atoms with Gasteiger partial charge in [-0.15, -0.1) is 0 Å². The predicted molar refractivity (Wildman–Crippen MR) is 173 cm³/mol. The lowest BCUT2D eigenvalue weighted by Gasteiger charge is -2.37. The fraction of sp³-hybridized carbons (Fsp3) is 0.412. The van der Waals surface area contributed by atoms with E-state index in [0.717, 1.165) is 18.9 Å². The Balaban J connectivity index is 1.49. The van der Waals surface area contributed by atoms with Crippen LogP contribution in [-0.4, -0.2) is 48.8 Å². The molecule has 0 radical (unpaired) electrons. The Morgan fingerprint density at radius 2 is 1.81 bits per heavy atom. The summed E-state index contributed by atoms with van der Waals surface area (Å²) in [6.45, 7) is 6.59. The van der Waals surface area contributed by atoms with Crippen LogP contribution in [0.5, 0.6) is 23.0 Å². The second-order valence-electron chi connectivity index (χ2n) is 11.9. The fourth-order valence-electron chi connectivity index (χ4n) is 5.85. The third-order valence-electron chi connectivity index (χ3n) is 8.33. The lowest BCUT2D eigenvalue weighted by atomic mass is 9.75. The molecule has 3 N–H and O–H groups in total. The van der Waals surface area contributed by atoms with Gasteiger partial charge in [0, 0.05) is 29.9 Å². The number of carbonyl (C=O) groups excluding carboxylic acids is 1. The number of carboxylic acid groups (broad SMARTS) is 1. The van der Waals surface area contributed by atoms with Gasteiger partial charge in [0.2, 0.25) is 11.7 Å². The Morgan fingerprint density at radius 3 is 2.47 bits per heavy atom. The number of nitro groups is 1. The molecule has 0 aliphatic heterocycles. The molecular weight excluding hydrogens is 613 g/mol. The molecule has 3 aromatic rings. The molecular formula is C34H40FN3O9. The number of anilines is 2. The first-order valence-corrected chi connectivity index (χ1v) is 15.3. The average molecular weight is 654 g/mol. The highest BCUT2D eigenvalue weighted by atomic mass is 19.1. The number of nitro benzene ring substituents is 1. The molecule has 1 saturated carbocycles. The molecule has 1 aliphatic carbocycles. The van der Waals surface area contributed by atoms with Crippen LogP contribution < -0.4 is 24.8 Å². The van der Waals surface area contributed by atoms with E-state index in [9.17, 15) is 29.2 Å². The van der Waals surface area contributed by atoms with Crippen molar-refractivity contribution in [3.8, 4) is 23.0 Å². The van der Waals surface area contributed by atoms with Gasteiger partial charge in [0.25, 0.3) is 0 Å². The molecule has 47 heavy (non-hydrogen) atoms. The Bertz CT molecular complexity index is 1610. The summed E-state index contributed by atoms with van der Waals surface area (Å²) < 4.78 is 37.3. The minimum absolute atomic E-state index is 0.0335. The number of rotatable bonds is 14. The molecule has 12 nitrogen and oxygen atoms in total. The maximum atomic E-state index is 14.5. The van der Waals surface area contributed by atoms with Crippen LogP contribution in [-0.2, 0) is 16.1 Å². The van der Waals surface area contributed by atoms with Crippen molar-refractivity contribution in [1.82, 2.24) is 0 Å². The van der Waals surface area contributed by atoms with Gasteiger partial charge in [0.15, 0.2) is 11.5 Å². The van der Waals surface area contributed by atoms with Gasteiger partial charge in [-0.1, -0.05) is 39.3 Å². The minimum Gasteiger partial charge on any atom is -0.494 e. The summed E-state index contributed by atoms with van der Waals surface area (Å²) in [5, 5.41) is 27.3. The number of methoxy groups -OCH3 is 2. The number of carboxylic acids is 1. The van der Waals surface area contributed by atoms with E-state index in [-0.39, 0.29) is 36.7 Å². The van der Waals surface area contributed by atoms with E-state index in [0.29, 0.717) is 46.5 Å². The van der Waals surface area contributed by atoms with Gasteiger partial charge in [-0.25, -0.2) is 9.18 Å². The van der Waals surface area contributed by atoms with Crippen molar-refractivity contribution in [3.05, 3.63) is 75.6 Å². The van der Waals surface area contributed by atoms with E-state index in [1.54, 1.807) is 30.3 Å². The number of halogens is 1. The maximum absolute atomic E-state index is 14.5. The third-order valence-corrected chi connectivity index (χ3v) is 8.33. The molecule has 0 spiro atoms. The minimum atomic E-state index is -1.73. The van der Waals surface area contributed by atoms with Crippen molar-refractivity contribution in [3.63, 3.8) is 0 Å². The van der Waals surface area contributed by atoms with E-state index in [2.05, 4.69) is 31.4 Å². The summed E-state index contributed by atoms with van der Waals surface area (Å²) >= 11 is 0. The number of nitrogens with zero attached hydrogens (tertiary/aromatic N) is 1. The number of amides is 1. The molecule has 3 atom stereocenters. The summed E-state index contributed by atoms with van der Waals surface area (Å²) in [6.07, 6.45) is 3.22. The van der Waals surface area contributed by atoms with Crippen LogP contribution in [0, 0.1) is 33.7 Å². The number of nitrogens with one attached hydrogen (secondary N) is 2. The summed E-state index contributed by atoms with van der Waals surface area (Å²) in [7, 11) is 2.82. The van der Waals surface area contributed by atoms with Crippen molar-refractivity contribution in [2.24, 2.45) is 17.8 Å². The van der Waals surface area contributed by atoms with Crippen molar-refractivity contribution in [1.29, 1.82) is 0 Å². The summed E-state index contributed by atoms with van der Waals surface area (Å²) in [5.41, 5.74) is -0.249. The second-order valence-corrected chi connectivity index (χ2v) is 11.9. The van der Waals surface area contributed by atoms with Gasteiger partial charge in [-0.3, -0.25) is 14.9 Å². The number of benzene rings is 3. The molecule has 1 fully saturated rings. The Labute approximate surface area is 272 Å². The molecule has 3 aromatic carbocycles. The Hall–Kier alpha value is -4.91.